The van der Waals surface area contributed by atoms with Crippen molar-refractivity contribution in [1.82, 2.24) is 10.6 Å². The van der Waals surface area contributed by atoms with Gasteiger partial charge in [-0.25, -0.2) is 0 Å². The molecule has 0 radical (unpaired) electrons. The summed E-state index contributed by atoms with van der Waals surface area (Å²) in [6, 6.07) is 56.9. The molecule has 3 N–H and O–H groups in total. The SMILES string of the molecule is O=C(CC12CC3CC(CC(C3)C1)C2)C(=O)NCCc1ccc(OCc2ccccc2)cc1.O=C(CCC12CC3CC(CC(C3)C1)C2)C(=O)NCCc1ccc(OCc2ccccc2)cc1.O=C(CCc1ccc(C(F)(F)F)cc1)C(=O)Nc1ccc(OCc2ccccc2)cc1. The minimum absolute atomic E-state index is 0.102. The second-order valence-electron chi connectivity index (χ2n) is 28.1. The maximum Gasteiger partial charge on any atom is 0.416 e. The highest BCUT2D eigenvalue weighted by Gasteiger charge is 2.52. The summed E-state index contributed by atoms with van der Waals surface area (Å²) in [6.45, 7) is 2.46. The van der Waals surface area contributed by atoms with Crippen molar-refractivity contribution in [3.8, 4) is 17.2 Å². The van der Waals surface area contributed by atoms with Crippen LogP contribution in [-0.4, -0.2) is 48.2 Å². The van der Waals surface area contributed by atoms with Gasteiger partial charge >= 0.3 is 6.18 Å². The van der Waals surface area contributed by atoms with Gasteiger partial charge in [-0.2, -0.15) is 13.2 Å². The molecule has 8 aliphatic carbocycles. The van der Waals surface area contributed by atoms with E-state index in [-0.39, 0.29) is 29.8 Å². The molecule has 15 heteroatoms. The largest absolute Gasteiger partial charge is 0.489 e. The van der Waals surface area contributed by atoms with Gasteiger partial charge in [0.05, 0.1) is 5.56 Å². The lowest BCUT2D eigenvalue weighted by atomic mass is 9.48. The highest BCUT2D eigenvalue weighted by atomic mass is 19.4. The number of halogens is 3. The second-order valence-corrected chi connectivity index (χ2v) is 28.1. The fourth-order valence-electron chi connectivity index (χ4n) is 16.6. The van der Waals surface area contributed by atoms with Crippen molar-refractivity contribution in [2.75, 3.05) is 18.4 Å². The van der Waals surface area contributed by atoms with Gasteiger partial charge in [-0.15, -0.1) is 0 Å². The van der Waals surface area contributed by atoms with Crippen molar-refractivity contribution >= 4 is 40.8 Å². The van der Waals surface area contributed by atoms with Crippen LogP contribution in [0, 0.1) is 46.3 Å². The van der Waals surface area contributed by atoms with E-state index in [2.05, 4.69) is 16.0 Å². The van der Waals surface area contributed by atoms with E-state index < -0.39 is 35.2 Å². The summed E-state index contributed by atoms with van der Waals surface area (Å²) in [6.07, 6.45) is 14.5. The molecule has 0 atom stereocenters. The Hall–Kier alpha value is -8.85. The van der Waals surface area contributed by atoms with Crippen molar-refractivity contribution in [3.63, 3.8) is 0 Å². The lowest BCUT2D eigenvalue weighted by molar-refractivity contribution is -0.142. The van der Waals surface area contributed by atoms with Crippen LogP contribution in [0.15, 0.2) is 188 Å². The number of hydrogen-bond acceptors (Lipinski definition) is 9. The first kappa shape index (κ1) is 68.5. The smallest absolute Gasteiger partial charge is 0.416 e. The summed E-state index contributed by atoms with van der Waals surface area (Å²) in [5, 5.41) is 8.20. The van der Waals surface area contributed by atoms with Gasteiger partial charge in [0.1, 0.15) is 37.1 Å². The zero-order valence-electron chi connectivity index (χ0n) is 54.6. The van der Waals surface area contributed by atoms with Gasteiger partial charge < -0.3 is 30.2 Å². The van der Waals surface area contributed by atoms with Crippen LogP contribution < -0.4 is 30.2 Å². The Balaban J connectivity index is 0.000000146. The Labute approximate surface area is 561 Å². The lowest BCUT2D eigenvalue weighted by Gasteiger charge is -2.57. The number of carbonyl (C=O) groups excluding carboxylic acids is 6. The lowest BCUT2D eigenvalue weighted by Crippen LogP contribution is -2.48. The Bertz CT molecular complexity index is 3640. The van der Waals surface area contributed by atoms with Crippen LogP contribution in [0.2, 0.25) is 0 Å². The maximum absolute atomic E-state index is 12.7. The molecule has 8 bridgehead atoms. The molecular weight excluding hydrogens is 1220 g/mol. The Morgan fingerprint density at radius 2 is 0.719 bits per heavy atom. The fraction of sp³-hybridized carbons (Fsp3) is 0.407. The molecule has 7 aromatic carbocycles. The van der Waals surface area contributed by atoms with Crippen LogP contribution in [-0.2, 0) is 74.0 Å². The number of ether oxygens (including phenoxy) is 3. The topological polar surface area (TPSA) is 166 Å². The number of benzene rings is 7. The average molecular weight is 1300 g/mol. The van der Waals surface area contributed by atoms with Crippen molar-refractivity contribution in [3.05, 3.63) is 227 Å². The molecule has 502 valence electrons. The number of rotatable bonds is 27. The predicted octanol–water partition coefficient (Wildman–Crippen LogP) is 16.0. The van der Waals surface area contributed by atoms with E-state index in [4.69, 9.17) is 14.2 Å². The van der Waals surface area contributed by atoms with Gasteiger partial charge in [-0.3, -0.25) is 28.8 Å². The highest BCUT2D eigenvalue weighted by Crippen LogP contribution is 2.63. The Morgan fingerprint density at radius 1 is 0.375 bits per heavy atom. The number of carbonyl (C=O) groups is 6. The monoisotopic (exact) mass is 1300 g/mol. The molecule has 0 aliphatic heterocycles. The third kappa shape index (κ3) is 19.9. The van der Waals surface area contributed by atoms with Crippen molar-refractivity contribution in [1.29, 1.82) is 0 Å². The van der Waals surface area contributed by atoms with E-state index in [9.17, 15) is 41.9 Å². The minimum atomic E-state index is -4.41. The fourth-order valence-corrected chi connectivity index (χ4v) is 16.6. The molecule has 0 unspecified atom stereocenters. The summed E-state index contributed by atoms with van der Waals surface area (Å²) in [7, 11) is 0. The van der Waals surface area contributed by atoms with Crippen molar-refractivity contribution in [2.24, 2.45) is 46.3 Å². The molecule has 8 fully saturated rings. The molecule has 12 nitrogen and oxygen atoms in total. The first-order chi connectivity index (χ1) is 46.4. The summed E-state index contributed by atoms with van der Waals surface area (Å²) in [5.74, 6) is 4.65. The first-order valence-electron chi connectivity index (χ1n) is 34.4. The van der Waals surface area contributed by atoms with Gasteiger partial charge in [0, 0.05) is 38.0 Å². The van der Waals surface area contributed by atoms with Crippen LogP contribution in [0.5, 0.6) is 17.2 Å². The van der Waals surface area contributed by atoms with Crippen LogP contribution >= 0.6 is 0 Å². The van der Waals surface area contributed by atoms with E-state index in [1.807, 2.05) is 140 Å². The van der Waals surface area contributed by atoms with Gasteiger partial charge in [0.15, 0.2) is 0 Å². The molecule has 0 saturated heterocycles. The van der Waals surface area contributed by atoms with Crippen LogP contribution in [0.1, 0.15) is 142 Å². The Kier molecular flexibility index (Phi) is 23.0. The predicted molar refractivity (Wildman–Crippen MR) is 364 cm³/mol. The summed E-state index contributed by atoms with van der Waals surface area (Å²) in [5.41, 5.74) is 6.25. The summed E-state index contributed by atoms with van der Waals surface area (Å²) < 4.78 is 55.0. The molecule has 96 heavy (non-hydrogen) atoms. The second kappa shape index (κ2) is 32.3. The number of anilines is 1. The standard InChI is InChI=1S/C29H35NO3.C28H33NO3.C24H20F3NO3/c31-27(10-12-29-17-23-14-24(18-29)16-25(15-23)19-29)28(32)30-13-11-21-6-8-26(9-7-21)33-20-22-4-2-1-3-5-22;30-26(18-28-15-22-12-23(16-28)14-24(13-22)17-28)27(31)29-11-10-20-6-8-25(9-7-20)32-19-21-4-2-1-3-5-21;25-24(26,27)19-9-6-17(7-10-19)8-15-22(29)23(30)28-20-11-13-21(14-12-20)31-16-18-4-2-1-3-5-18/h1-9,23-25H,10-20H2,(H,30,32);1-9,22-24H,10-19H2,(H,29,31);1-7,9-14H,8,15-16H2,(H,28,30). The Morgan fingerprint density at radius 3 is 1.11 bits per heavy atom. The quantitative estimate of drug-likeness (QED) is 0.0425. The number of hydrogen-bond donors (Lipinski definition) is 3. The number of ketones is 3. The van der Waals surface area contributed by atoms with Crippen molar-refractivity contribution < 1.29 is 56.1 Å². The van der Waals surface area contributed by atoms with E-state index >= 15 is 0 Å². The number of alkyl halides is 3. The molecule has 0 heterocycles. The average Bonchev–Trinajstić information content (AvgIpc) is 0.768. The van der Waals surface area contributed by atoms with Gasteiger partial charge in [-0.1, -0.05) is 127 Å². The van der Waals surface area contributed by atoms with E-state index in [0.29, 0.717) is 81.0 Å². The zero-order chi connectivity index (χ0) is 66.9. The zero-order valence-corrected chi connectivity index (χ0v) is 54.6. The minimum Gasteiger partial charge on any atom is -0.489 e. The molecule has 0 aromatic heterocycles. The summed E-state index contributed by atoms with van der Waals surface area (Å²) in [4.78, 5) is 74.1. The molecule has 15 rings (SSSR count). The van der Waals surface area contributed by atoms with E-state index in [0.717, 1.165) is 113 Å². The van der Waals surface area contributed by atoms with Crippen LogP contribution in [0.25, 0.3) is 0 Å². The molecule has 8 saturated carbocycles. The van der Waals surface area contributed by atoms with Gasteiger partial charge in [-0.05, 0) is 243 Å². The molecule has 8 aliphatic rings. The third-order valence-corrected chi connectivity index (χ3v) is 20.5. The number of aryl methyl sites for hydroxylation is 1. The molecule has 7 aromatic rings. The van der Waals surface area contributed by atoms with E-state index in [1.54, 1.807) is 24.3 Å². The molecular formula is C81H88F3N3O9. The molecule has 3 amide bonds. The normalized spacial score (nSPS) is 22.2. The number of Topliss-reactive ketones (excluding diaryl/α,β-unsaturated/α-hetero) is 3. The number of amides is 3. The van der Waals surface area contributed by atoms with Crippen LogP contribution in [0.3, 0.4) is 0 Å². The van der Waals surface area contributed by atoms with Crippen LogP contribution in [0.4, 0.5) is 18.9 Å². The van der Waals surface area contributed by atoms with Crippen molar-refractivity contribution in [2.45, 2.75) is 148 Å². The number of nitrogens with one attached hydrogen (secondary N) is 3. The van der Waals surface area contributed by atoms with Gasteiger partial charge in [0.2, 0.25) is 17.3 Å². The van der Waals surface area contributed by atoms with Gasteiger partial charge in [0.25, 0.3) is 17.7 Å². The third-order valence-electron chi connectivity index (χ3n) is 20.5. The van der Waals surface area contributed by atoms with E-state index in [1.165, 1.54) is 69.9 Å². The molecule has 0 spiro atoms. The first-order valence-corrected chi connectivity index (χ1v) is 34.4. The maximum atomic E-state index is 12.7. The summed E-state index contributed by atoms with van der Waals surface area (Å²) >= 11 is 0. The highest BCUT2D eigenvalue weighted by molar-refractivity contribution is 6.40.